The normalized spacial score (nSPS) is 25.8. The maximum absolute atomic E-state index is 11.1. The smallest absolute Gasteiger partial charge is 0.306 e. The Labute approximate surface area is 110 Å². The number of carboxylic acids is 1. The Kier molecular flexibility index (Phi) is 3.84. The lowest BCUT2D eigenvalue weighted by molar-refractivity contribution is -0.144. The van der Waals surface area contributed by atoms with Gasteiger partial charge in [-0.15, -0.1) is 0 Å². The van der Waals surface area contributed by atoms with E-state index in [1.165, 1.54) is 5.56 Å². The summed E-state index contributed by atoms with van der Waals surface area (Å²) < 4.78 is 1.04. The van der Waals surface area contributed by atoms with Gasteiger partial charge in [-0.25, -0.2) is 0 Å². The predicted molar refractivity (Wildman–Crippen MR) is 69.9 cm³/mol. The summed E-state index contributed by atoms with van der Waals surface area (Å²) in [6, 6.07) is 8.34. The van der Waals surface area contributed by atoms with Gasteiger partial charge in [0.15, 0.2) is 0 Å². The van der Waals surface area contributed by atoms with Crippen LogP contribution in [0.25, 0.3) is 0 Å². The zero-order valence-electron chi connectivity index (χ0n) is 9.77. The number of rotatable bonds is 2. The van der Waals surface area contributed by atoms with Crippen molar-refractivity contribution in [3.63, 3.8) is 0 Å². The Morgan fingerprint density at radius 1 is 1.53 bits per heavy atom. The summed E-state index contributed by atoms with van der Waals surface area (Å²) in [5.74, 6) is -0.881. The van der Waals surface area contributed by atoms with Gasteiger partial charge in [-0.2, -0.15) is 0 Å². The highest BCUT2D eigenvalue weighted by atomic mass is 79.9. The van der Waals surface area contributed by atoms with Crippen molar-refractivity contribution in [1.29, 1.82) is 0 Å². The van der Waals surface area contributed by atoms with Crippen LogP contribution in [0.4, 0.5) is 0 Å². The predicted octanol–water partition coefficient (Wildman–Crippen LogP) is 2.92. The fourth-order valence-electron chi connectivity index (χ4n) is 2.41. The largest absolute Gasteiger partial charge is 0.481 e. The first-order valence-corrected chi connectivity index (χ1v) is 6.55. The van der Waals surface area contributed by atoms with E-state index in [9.17, 15) is 4.79 Å². The van der Waals surface area contributed by atoms with E-state index in [0.29, 0.717) is 6.42 Å². The van der Waals surface area contributed by atoms with Crippen LogP contribution in [-0.4, -0.2) is 29.6 Å². The number of carbonyl (C=O) groups is 1. The second-order valence-corrected chi connectivity index (χ2v) is 5.53. The molecule has 1 aromatic rings. The Bertz CT molecular complexity index is 422. The Morgan fingerprint density at radius 2 is 2.29 bits per heavy atom. The van der Waals surface area contributed by atoms with E-state index in [4.69, 9.17) is 5.11 Å². The first-order valence-electron chi connectivity index (χ1n) is 5.76. The first kappa shape index (κ1) is 12.6. The summed E-state index contributed by atoms with van der Waals surface area (Å²) in [4.78, 5) is 13.3. The molecule has 1 aromatic carbocycles. The Balaban J connectivity index is 2.20. The number of aliphatic carboxylic acids is 1. The highest BCUT2D eigenvalue weighted by Crippen LogP contribution is 2.34. The summed E-state index contributed by atoms with van der Waals surface area (Å²) in [7, 11) is 2.06. The lowest BCUT2D eigenvalue weighted by atomic mass is 9.87. The average Bonchev–Trinajstić information content (AvgIpc) is 2.29. The summed E-state index contributed by atoms with van der Waals surface area (Å²) in [6.07, 6.45) is 1.44. The van der Waals surface area contributed by atoms with Crippen molar-refractivity contribution in [3.8, 4) is 0 Å². The molecule has 2 unspecified atom stereocenters. The lowest BCUT2D eigenvalue weighted by Crippen LogP contribution is -2.36. The topological polar surface area (TPSA) is 40.5 Å². The molecule has 0 bridgehead atoms. The number of hydrogen-bond acceptors (Lipinski definition) is 2. The third-order valence-corrected chi connectivity index (χ3v) is 3.95. The molecule has 2 rings (SSSR count). The van der Waals surface area contributed by atoms with Crippen LogP contribution in [0.2, 0.25) is 0 Å². The van der Waals surface area contributed by atoms with Crippen molar-refractivity contribution in [2.45, 2.75) is 18.9 Å². The molecular formula is C13H16BrNO2. The van der Waals surface area contributed by atoms with E-state index >= 15 is 0 Å². The molecular weight excluding hydrogens is 282 g/mol. The molecule has 1 aliphatic heterocycles. The minimum atomic E-state index is -0.668. The van der Waals surface area contributed by atoms with Gasteiger partial charge in [0.05, 0.1) is 5.92 Å². The van der Waals surface area contributed by atoms with Gasteiger partial charge >= 0.3 is 5.97 Å². The van der Waals surface area contributed by atoms with Crippen LogP contribution in [0.15, 0.2) is 28.7 Å². The summed E-state index contributed by atoms with van der Waals surface area (Å²) in [5.41, 5.74) is 1.19. The average molecular weight is 298 g/mol. The maximum atomic E-state index is 11.1. The molecule has 4 heteroatoms. The maximum Gasteiger partial charge on any atom is 0.306 e. The Hall–Kier alpha value is -0.870. The van der Waals surface area contributed by atoms with Crippen molar-refractivity contribution < 1.29 is 9.90 Å². The molecule has 3 nitrogen and oxygen atoms in total. The lowest BCUT2D eigenvalue weighted by Gasteiger charge is -2.36. The van der Waals surface area contributed by atoms with E-state index in [1.807, 2.05) is 12.1 Å². The van der Waals surface area contributed by atoms with E-state index in [-0.39, 0.29) is 12.0 Å². The van der Waals surface area contributed by atoms with Crippen molar-refractivity contribution in [2.75, 3.05) is 13.6 Å². The van der Waals surface area contributed by atoms with Crippen LogP contribution in [0.5, 0.6) is 0 Å². The van der Waals surface area contributed by atoms with Crippen LogP contribution in [0.1, 0.15) is 24.4 Å². The number of benzene rings is 1. The van der Waals surface area contributed by atoms with Crippen molar-refractivity contribution in [3.05, 3.63) is 34.3 Å². The van der Waals surface area contributed by atoms with Gasteiger partial charge in [0.1, 0.15) is 0 Å². The standard InChI is InChI=1S/C13H16BrNO2/c1-15-6-5-10(13(16)17)8-12(15)9-3-2-4-11(14)7-9/h2-4,7,10,12H,5-6,8H2,1H3,(H,16,17). The molecule has 1 fully saturated rings. The van der Waals surface area contributed by atoms with E-state index in [2.05, 4.69) is 40.0 Å². The van der Waals surface area contributed by atoms with E-state index < -0.39 is 5.97 Å². The number of hydrogen-bond donors (Lipinski definition) is 1. The molecule has 0 radical (unpaired) electrons. The molecule has 1 heterocycles. The molecule has 2 atom stereocenters. The zero-order chi connectivity index (χ0) is 12.4. The summed E-state index contributed by atoms with van der Waals surface area (Å²) in [6.45, 7) is 0.841. The molecule has 1 saturated heterocycles. The first-order chi connectivity index (χ1) is 8.08. The second-order valence-electron chi connectivity index (χ2n) is 4.61. The number of likely N-dealkylation sites (tertiary alicyclic amines) is 1. The molecule has 0 saturated carbocycles. The van der Waals surface area contributed by atoms with Gasteiger partial charge in [0.2, 0.25) is 0 Å². The molecule has 0 aromatic heterocycles. The van der Waals surface area contributed by atoms with Crippen LogP contribution in [0, 0.1) is 5.92 Å². The van der Waals surface area contributed by atoms with Gasteiger partial charge < -0.3 is 5.11 Å². The number of carboxylic acid groups (broad SMARTS) is 1. The van der Waals surface area contributed by atoms with Gasteiger partial charge in [0.25, 0.3) is 0 Å². The van der Waals surface area contributed by atoms with E-state index in [1.54, 1.807) is 0 Å². The monoisotopic (exact) mass is 297 g/mol. The van der Waals surface area contributed by atoms with Crippen molar-refractivity contribution in [1.82, 2.24) is 4.90 Å². The summed E-state index contributed by atoms with van der Waals surface area (Å²) >= 11 is 3.46. The molecule has 0 aliphatic carbocycles. The summed E-state index contributed by atoms with van der Waals surface area (Å²) in [5, 5.41) is 9.12. The van der Waals surface area contributed by atoms with Crippen LogP contribution in [-0.2, 0) is 4.79 Å². The molecule has 1 aliphatic rings. The van der Waals surface area contributed by atoms with Crippen LogP contribution < -0.4 is 0 Å². The molecule has 0 amide bonds. The molecule has 1 N–H and O–H groups in total. The number of halogens is 1. The zero-order valence-corrected chi connectivity index (χ0v) is 11.4. The second kappa shape index (κ2) is 5.19. The highest BCUT2D eigenvalue weighted by Gasteiger charge is 2.31. The molecule has 92 valence electrons. The highest BCUT2D eigenvalue weighted by molar-refractivity contribution is 9.10. The van der Waals surface area contributed by atoms with E-state index in [0.717, 1.165) is 17.4 Å². The van der Waals surface area contributed by atoms with Gasteiger partial charge in [0, 0.05) is 10.5 Å². The SMILES string of the molecule is CN1CCC(C(=O)O)CC1c1cccc(Br)c1. The minimum absolute atomic E-state index is 0.211. The molecule has 0 spiro atoms. The minimum Gasteiger partial charge on any atom is -0.481 e. The van der Waals surface area contributed by atoms with Crippen LogP contribution >= 0.6 is 15.9 Å². The molecule has 17 heavy (non-hydrogen) atoms. The fourth-order valence-corrected chi connectivity index (χ4v) is 2.83. The van der Waals surface area contributed by atoms with Crippen LogP contribution in [0.3, 0.4) is 0 Å². The fraction of sp³-hybridized carbons (Fsp3) is 0.462. The third-order valence-electron chi connectivity index (χ3n) is 3.45. The third kappa shape index (κ3) is 2.87. The van der Waals surface area contributed by atoms with Gasteiger partial charge in [-0.3, -0.25) is 9.69 Å². The van der Waals surface area contributed by atoms with Crippen molar-refractivity contribution in [2.24, 2.45) is 5.92 Å². The number of nitrogens with zero attached hydrogens (tertiary/aromatic N) is 1. The van der Waals surface area contributed by atoms with Crippen molar-refractivity contribution >= 4 is 21.9 Å². The number of piperidine rings is 1. The van der Waals surface area contributed by atoms with Gasteiger partial charge in [-0.1, -0.05) is 28.1 Å². The quantitative estimate of drug-likeness (QED) is 0.912. The Morgan fingerprint density at radius 3 is 2.94 bits per heavy atom. The van der Waals surface area contributed by atoms with Gasteiger partial charge in [-0.05, 0) is 44.1 Å².